The maximum Gasteiger partial charge on any atom is 0.275 e. The van der Waals surface area contributed by atoms with Crippen molar-refractivity contribution < 1.29 is 14.7 Å². The number of carbonyl (C=O) groups is 2. The fourth-order valence-electron chi connectivity index (χ4n) is 2.92. The summed E-state index contributed by atoms with van der Waals surface area (Å²) in [5, 5.41) is 15.5. The molecule has 116 valence electrons. The summed E-state index contributed by atoms with van der Waals surface area (Å²) >= 11 is 0. The highest BCUT2D eigenvalue weighted by atomic mass is 16.3. The smallest absolute Gasteiger partial charge is 0.275 e. The number of phenols is 1. The summed E-state index contributed by atoms with van der Waals surface area (Å²) in [5.74, 6) is -0.936. The summed E-state index contributed by atoms with van der Waals surface area (Å²) in [6.07, 6.45) is 0. The Morgan fingerprint density at radius 3 is 2.38 bits per heavy atom. The molecule has 0 atom stereocenters. The second kappa shape index (κ2) is 5.31. The molecule has 1 amide bonds. The molecule has 2 N–H and O–H groups in total. The number of hydrazone groups is 1. The lowest BCUT2D eigenvalue weighted by atomic mass is 10.1. The molecular weight excluding hydrogens is 304 g/mol. The van der Waals surface area contributed by atoms with E-state index in [0.717, 1.165) is 10.8 Å². The number of Topliss-reactive ketones (excluding diaryl/α,β-unsaturated/α-hetero) is 1. The Morgan fingerprint density at radius 1 is 0.917 bits per heavy atom. The number of carbonyl (C=O) groups excluding carboxylic acids is 2. The molecule has 0 saturated carbocycles. The van der Waals surface area contributed by atoms with Crippen molar-refractivity contribution in [3.8, 4) is 5.75 Å². The van der Waals surface area contributed by atoms with Crippen LogP contribution in [0.3, 0.4) is 0 Å². The Morgan fingerprint density at radius 2 is 1.62 bits per heavy atom. The molecule has 0 heterocycles. The Kier molecular flexibility index (Phi) is 3.13. The number of hydrogen-bond acceptors (Lipinski definition) is 4. The van der Waals surface area contributed by atoms with E-state index in [1.807, 2.05) is 30.3 Å². The zero-order chi connectivity index (χ0) is 16.7. The summed E-state index contributed by atoms with van der Waals surface area (Å²) in [5.41, 5.74) is 3.94. The zero-order valence-electron chi connectivity index (χ0n) is 12.5. The van der Waals surface area contributed by atoms with Crippen molar-refractivity contribution in [2.75, 3.05) is 0 Å². The van der Waals surface area contributed by atoms with Crippen molar-refractivity contribution in [2.24, 2.45) is 5.10 Å². The average molecular weight is 316 g/mol. The van der Waals surface area contributed by atoms with Crippen LogP contribution in [0.1, 0.15) is 26.3 Å². The van der Waals surface area contributed by atoms with E-state index in [0.29, 0.717) is 11.1 Å². The quantitative estimate of drug-likeness (QED) is 0.714. The van der Waals surface area contributed by atoms with Crippen LogP contribution in [0.25, 0.3) is 10.8 Å². The van der Waals surface area contributed by atoms with Gasteiger partial charge in [-0.15, -0.1) is 0 Å². The van der Waals surface area contributed by atoms with Crippen LogP contribution in [0.2, 0.25) is 0 Å². The topological polar surface area (TPSA) is 78.8 Å². The first-order valence-corrected chi connectivity index (χ1v) is 7.39. The highest BCUT2D eigenvalue weighted by Gasteiger charge is 2.29. The van der Waals surface area contributed by atoms with Crippen molar-refractivity contribution in [1.29, 1.82) is 0 Å². The van der Waals surface area contributed by atoms with Crippen LogP contribution in [0.4, 0.5) is 0 Å². The van der Waals surface area contributed by atoms with E-state index in [4.69, 9.17) is 0 Å². The van der Waals surface area contributed by atoms with Gasteiger partial charge in [-0.3, -0.25) is 9.59 Å². The molecule has 0 spiro atoms. The number of para-hydroxylation sites is 1. The van der Waals surface area contributed by atoms with E-state index in [1.54, 1.807) is 18.2 Å². The van der Waals surface area contributed by atoms with Gasteiger partial charge in [0.05, 0.1) is 5.56 Å². The summed E-state index contributed by atoms with van der Waals surface area (Å²) in [6, 6.07) is 17.2. The number of aromatic hydroxyl groups is 1. The van der Waals surface area contributed by atoms with Gasteiger partial charge in [0.15, 0.2) is 0 Å². The normalized spacial score (nSPS) is 14.3. The molecule has 0 bridgehead atoms. The number of hydrogen-bond donors (Lipinski definition) is 2. The van der Waals surface area contributed by atoms with Crippen LogP contribution in [-0.2, 0) is 0 Å². The molecule has 1 aliphatic carbocycles. The number of phenolic OH excluding ortho intramolecular Hbond substituents is 1. The maximum absolute atomic E-state index is 12.6. The lowest BCUT2D eigenvalue weighted by Gasteiger charge is -2.03. The molecule has 4 rings (SSSR count). The zero-order valence-corrected chi connectivity index (χ0v) is 12.5. The molecule has 0 radical (unpaired) electrons. The van der Waals surface area contributed by atoms with Crippen LogP contribution in [0.5, 0.6) is 5.75 Å². The van der Waals surface area contributed by atoms with Crippen molar-refractivity contribution in [3.05, 3.63) is 77.4 Å². The first-order chi connectivity index (χ1) is 11.7. The van der Waals surface area contributed by atoms with Crippen LogP contribution in [0.15, 0.2) is 65.8 Å². The van der Waals surface area contributed by atoms with E-state index in [-0.39, 0.29) is 22.8 Å². The van der Waals surface area contributed by atoms with E-state index in [2.05, 4.69) is 10.5 Å². The van der Waals surface area contributed by atoms with Gasteiger partial charge in [0.1, 0.15) is 11.5 Å². The van der Waals surface area contributed by atoms with E-state index < -0.39 is 5.91 Å². The SMILES string of the molecule is O=C(N/N=C1\C(=O)c2cccc3cccc1c23)c1ccccc1O. The molecule has 0 unspecified atom stereocenters. The molecule has 0 saturated heterocycles. The first-order valence-electron chi connectivity index (χ1n) is 7.39. The Balaban J connectivity index is 1.73. The van der Waals surface area contributed by atoms with Gasteiger partial charge in [-0.2, -0.15) is 5.10 Å². The van der Waals surface area contributed by atoms with Gasteiger partial charge in [-0.05, 0) is 17.5 Å². The van der Waals surface area contributed by atoms with Gasteiger partial charge >= 0.3 is 0 Å². The molecule has 0 aromatic heterocycles. The molecule has 0 aliphatic heterocycles. The second-order valence-corrected chi connectivity index (χ2v) is 5.46. The Bertz CT molecular complexity index is 1030. The molecule has 3 aromatic carbocycles. The van der Waals surface area contributed by atoms with Crippen molar-refractivity contribution in [2.45, 2.75) is 0 Å². The average Bonchev–Trinajstić information content (AvgIpc) is 2.88. The van der Waals surface area contributed by atoms with Gasteiger partial charge < -0.3 is 5.11 Å². The molecule has 1 aliphatic rings. The minimum absolute atomic E-state index is 0.100. The van der Waals surface area contributed by atoms with E-state index in [9.17, 15) is 14.7 Å². The van der Waals surface area contributed by atoms with Crippen LogP contribution in [0, 0.1) is 0 Å². The number of ketones is 1. The summed E-state index contributed by atoms with van der Waals surface area (Å²) in [4.78, 5) is 24.7. The number of nitrogens with one attached hydrogen (secondary N) is 1. The van der Waals surface area contributed by atoms with Gasteiger partial charge in [-0.25, -0.2) is 5.43 Å². The summed E-state index contributed by atoms with van der Waals surface area (Å²) in [7, 11) is 0. The van der Waals surface area contributed by atoms with Crippen molar-refractivity contribution in [3.63, 3.8) is 0 Å². The molecule has 24 heavy (non-hydrogen) atoms. The number of rotatable bonds is 2. The lowest BCUT2D eigenvalue weighted by molar-refractivity contribution is 0.0952. The minimum Gasteiger partial charge on any atom is -0.507 e. The van der Waals surface area contributed by atoms with Gasteiger partial charge in [0.2, 0.25) is 5.78 Å². The van der Waals surface area contributed by atoms with Crippen LogP contribution < -0.4 is 5.43 Å². The van der Waals surface area contributed by atoms with Gasteiger partial charge in [-0.1, -0.05) is 48.5 Å². The molecule has 3 aromatic rings. The van der Waals surface area contributed by atoms with E-state index in [1.165, 1.54) is 12.1 Å². The largest absolute Gasteiger partial charge is 0.507 e. The fraction of sp³-hybridized carbons (Fsp3) is 0. The highest BCUT2D eigenvalue weighted by molar-refractivity contribution is 6.59. The Labute approximate surface area is 137 Å². The van der Waals surface area contributed by atoms with Gasteiger partial charge in [0.25, 0.3) is 5.91 Å². The van der Waals surface area contributed by atoms with Crippen LogP contribution >= 0.6 is 0 Å². The standard InChI is InChI=1S/C19H12N2O3/c22-15-10-2-1-7-12(15)19(24)21-20-17-13-8-3-5-11-6-4-9-14(16(11)13)18(17)23/h1-10,22H,(H,21,24)/b20-17-. The maximum atomic E-state index is 12.6. The number of benzene rings is 3. The third-order valence-electron chi connectivity index (χ3n) is 4.04. The third-order valence-corrected chi connectivity index (χ3v) is 4.04. The lowest BCUT2D eigenvalue weighted by Crippen LogP contribution is -2.22. The molecular formula is C19H12N2O3. The number of nitrogens with zero attached hydrogens (tertiary/aromatic N) is 1. The highest BCUT2D eigenvalue weighted by Crippen LogP contribution is 2.30. The van der Waals surface area contributed by atoms with Crippen molar-refractivity contribution in [1.82, 2.24) is 5.43 Å². The molecule has 0 fully saturated rings. The predicted molar refractivity (Wildman–Crippen MR) is 90.4 cm³/mol. The van der Waals surface area contributed by atoms with Gasteiger partial charge in [0, 0.05) is 16.5 Å². The summed E-state index contributed by atoms with van der Waals surface area (Å²) in [6.45, 7) is 0. The first kappa shape index (κ1) is 14.1. The Hall–Kier alpha value is -3.47. The minimum atomic E-state index is -0.573. The molecule has 5 nitrogen and oxygen atoms in total. The third kappa shape index (κ3) is 2.06. The molecule has 5 heteroatoms. The van der Waals surface area contributed by atoms with Crippen LogP contribution in [-0.4, -0.2) is 22.5 Å². The van der Waals surface area contributed by atoms with E-state index >= 15 is 0 Å². The number of amides is 1. The second-order valence-electron chi connectivity index (χ2n) is 5.46. The van der Waals surface area contributed by atoms with Crippen molar-refractivity contribution >= 4 is 28.2 Å². The monoisotopic (exact) mass is 316 g/mol. The summed E-state index contributed by atoms with van der Waals surface area (Å²) < 4.78 is 0. The predicted octanol–water partition coefficient (Wildman–Crippen LogP) is 2.88. The fourth-order valence-corrected chi connectivity index (χ4v) is 2.92.